The molecule has 4 rings (SSSR count). The maximum atomic E-state index is 13.6. The molecule has 0 N–H and O–H groups in total. The number of sulfonamides is 1. The lowest BCUT2D eigenvalue weighted by molar-refractivity contribution is -0.143. The number of esters is 1. The number of carbonyl (C=O) groups excluding carboxylic acids is 1. The van der Waals surface area contributed by atoms with Gasteiger partial charge in [0.15, 0.2) is 0 Å². The first-order valence-electron chi connectivity index (χ1n) is 10.6. The van der Waals surface area contributed by atoms with Crippen molar-refractivity contribution in [2.45, 2.75) is 18.2 Å². The van der Waals surface area contributed by atoms with E-state index in [1.807, 2.05) is 60.7 Å². The monoisotopic (exact) mass is 460 g/mol. The summed E-state index contributed by atoms with van der Waals surface area (Å²) in [5.74, 6) is -0.757. The first kappa shape index (κ1) is 22.5. The van der Waals surface area contributed by atoms with E-state index in [-0.39, 0.29) is 18.8 Å². The molecule has 1 heterocycles. The van der Waals surface area contributed by atoms with E-state index >= 15 is 0 Å². The van der Waals surface area contributed by atoms with E-state index in [4.69, 9.17) is 4.74 Å². The van der Waals surface area contributed by atoms with E-state index in [0.29, 0.717) is 16.8 Å². The SMILES string of the molecule is C=CCOC(=O)CC1c2ccccc2C(c2ccccc2)=NN1S(=O)(=O)Cc1ccccc1. The summed E-state index contributed by atoms with van der Waals surface area (Å²) in [6.07, 6.45) is 1.31. The van der Waals surface area contributed by atoms with Crippen LogP contribution >= 0.6 is 0 Å². The van der Waals surface area contributed by atoms with E-state index in [0.717, 1.165) is 15.5 Å². The van der Waals surface area contributed by atoms with Crippen molar-refractivity contribution in [3.05, 3.63) is 120 Å². The van der Waals surface area contributed by atoms with Crippen LogP contribution in [0.4, 0.5) is 0 Å². The van der Waals surface area contributed by atoms with Gasteiger partial charge in [-0.05, 0) is 11.1 Å². The van der Waals surface area contributed by atoms with Gasteiger partial charge < -0.3 is 4.74 Å². The van der Waals surface area contributed by atoms with Crippen LogP contribution in [0.15, 0.2) is 103 Å². The molecule has 0 amide bonds. The molecule has 1 aliphatic heterocycles. The van der Waals surface area contributed by atoms with Gasteiger partial charge in [0.1, 0.15) is 6.61 Å². The van der Waals surface area contributed by atoms with Gasteiger partial charge >= 0.3 is 5.97 Å². The third-order valence-corrected chi connectivity index (χ3v) is 6.89. The van der Waals surface area contributed by atoms with Crippen molar-refractivity contribution in [3.63, 3.8) is 0 Å². The second-order valence-electron chi connectivity index (χ2n) is 7.61. The molecule has 3 aromatic carbocycles. The highest BCUT2D eigenvalue weighted by Crippen LogP contribution is 2.37. The summed E-state index contributed by atoms with van der Waals surface area (Å²) < 4.78 is 33.5. The number of carbonyl (C=O) groups is 1. The van der Waals surface area contributed by atoms with E-state index in [9.17, 15) is 13.2 Å². The van der Waals surface area contributed by atoms with E-state index in [1.54, 1.807) is 24.3 Å². The zero-order valence-corrected chi connectivity index (χ0v) is 18.8. The first-order valence-corrected chi connectivity index (χ1v) is 12.2. The van der Waals surface area contributed by atoms with Crippen molar-refractivity contribution in [1.29, 1.82) is 0 Å². The highest BCUT2D eigenvalue weighted by Gasteiger charge is 2.38. The Labute approximate surface area is 193 Å². The lowest BCUT2D eigenvalue weighted by atomic mass is 9.91. The summed E-state index contributed by atoms with van der Waals surface area (Å²) in [7, 11) is -3.92. The molecule has 7 heteroatoms. The van der Waals surface area contributed by atoms with Crippen molar-refractivity contribution in [3.8, 4) is 0 Å². The molecule has 168 valence electrons. The summed E-state index contributed by atoms with van der Waals surface area (Å²) in [4.78, 5) is 12.5. The van der Waals surface area contributed by atoms with Crippen LogP contribution in [0, 0.1) is 0 Å². The molecule has 1 aliphatic rings. The van der Waals surface area contributed by atoms with E-state index < -0.39 is 22.0 Å². The topological polar surface area (TPSA) is 76.0 Å². The minimum absolute atomic E-state index is 0.0580. The number of ether oxygens (including phenoxy) is 1. The Kier molecular flexibility index (Phi) is 6.70. The maximum Gasteiger partial charge on any atom is 0.308 e. The Morgan fingerprint density at radius 1 is 0.970 bits per heavy atom. The molecule has 0 spiro atoms. The molecule has 0 aliphatic carbocycles. The molecule has 0 radical (unpaired) electrons. The molecular weight excluding hydrogens is 436 g/mol. The fraction of sp³-hybridized carbons (Fsp3) is 0.154. The zero-order chi connectivity index (χ0) is 23.3. The Morgan fingerprint density at radius 3 is 2.30 bits per heavy atom. The minimum atomic E-state index is -3.92. The van der Waals surface area contributed by atoms with Crippen LogP contribution in [-0.2, 0) is 25.3 Å². The molecule has 1 atom stereocenters. The van der Waals surface area contributed by atoms with Gasteiger partial charge in [-0.3, -0.25) is 4.79 Å². The maximum absolute atomic E-state index is 13.6. The molecular formula is C26H24N2O4S. The van der Waals surface area contributed by atoms with Crippen molar-refractivity contribution in [2.24, 2.45) is 5.10 Å². The van der Waals surface area contributed by atoms with Crippen LogP contribution in [0.3, 0.4) is 0 Å². The number of hydrogen-bond donors (Lipinski definition) is 0. The standard InChI is InChI=1S/C26H24N2O4S/c1-2-17-32-25(29)18-24-22-15-9-10-16-23(22)26(21-13-7-4-8-14-21)27-28(24)33(30,31)19-20-11-5-3-6-12-20/h2-16,24H,1,17-19H2. The largest absolute Gasteiger partial charge is 0.461 e. The summed E-state index contributed by atoms with van der Waals surface area (Å²) in [5.41, 5.74) is 3.46. The van der Waals surface area contributed by atoms with Gasteiger partial charge in [0, 0.05) is 11.1 Å². The fourth-order valence-electron chi connectivity index (χ4n) is 3.82. The van der Waals surface area contributed by atoms with Crippen molar-refractivity contribution in [1.82, 2.24) is 4.41 Å². The van der Waals surface area contributed by atoms with Crippen LogP contribution in [0.1, 0.15) is 34.7 Å². The Hall–Kier alpha value is -3.71. The van der Waals surface area contributed by atoms with Gasteiger partial charge in [-0.2, -0.15) is 9.52 Å². The molecule has 0 fully saturated rings. The van der Waals surface area contributed by atoms with Gasteiger partial charge in [0.25, 0.3) is 10.0 Å². The molecule has 3 aromatic rings. The van der Waals surface area contributed by atoms with Crippen molar-refractivity contribution < 1.29 is 17.9 Å². The number of hydrazone groups is 1. The normalized spacial score (nSPS) is 15.3. The molecule has 0 saturated heterocycles. The molecule has 33 heavy (non-hydrogen) atoms. The quantitative estimate of drug-likeness (QED) is 0.368. The second kappa shape index (κ2) is 9.83. The van der Waals surface area contributed by atoms with Crippen molar-refractivity contribution >= 4 is 21.7 Å². The molecule has 6 nitrogen and oxygen atoms in total. The Morgan fingerprint density at radius 2 is 1.61 bits per heavy atom. The summed E-state index contributed by atoms with van der Waals surface area (Å²) in [6, 6.07) is 24.9. The van der Waals surface area contributed by atoms with Crippen LogP contribution in [0.2, 0.25) is 0 Å². The average molecular weight is 461 g/mol. The third-order valence-electron chi connectivity index (χ3n) is 5.29. The predicted octanol–water partition coefficient (Wildman–Crippen LogP) is 4.45. The molecule has 0 aromatic heterocycles. The molecule has 0 saturated carbocycles. The van der Waals surface area contributed by atoms with Gasteiger partial charge in [0.05, 0.1) is 23.9 Å². The predicted molar refractivity (Wildman–Crippen MR) is 128 cm³/mol. The Balaban J connectivity index is 1.82. The van der Waals surface area contributed by atoms with Crippen LogP contribution in [0.25, 0.3) is 0 Å². The van der Waals surface area contributed by atoms with Crippen LogP contribution in [-0.4, -0.2) is 31.1 Å². The minimum Gasteiger partial charge on any atom is -0.461 e. The number of benzene rings is 3. The number of hydrogen-bond acceptors (Lipinski definition) is 5. The smallest absolute Gasteiger partial charge is 0.308 e. The first-order chi connectivity index (χ1) is 16.0. The molecule has 0 bridgehead atoms. The highest BCUT2D eigenvalue weighted by molar-refractivity contribution is 7.88. The average Bonchev–Trinajstić information content (AvgIpc) is 2.83. The third kappa shape index (κ3) is 5.04. The summed E-state index contributed by atoms with van der Waals surface area (Å²) in [6.45, 7) is 3.61. The number of nitrogens with zero attached hydrogens (tertiary/aromatic N) is 2. The van der Waals surface area contributed by atoms with E-state index in [2.05, 4.69) is 11.7 Å². The number of rotatable bonds is 8. The van der Waals surface area contributed by atoms with Gasteiger partial charge in [0.2, 0.25) is 0 Å². The summed E-state index contributed by atoms with van der Waals surface area (Å²) in [5, 5.41) is 4.61. The second-order valence-corrected chi connectivity index (χ2v) is 9.43. The van der Waals surface area contributed by atoms with Crippen molar-refractivity contribution in [2.75, 3.05) is 6.61 Å². The van der Waals surface area contributed by atoms with Crippen LogP contribution < -0.4 is 0 Å². The van der Waals surface area contributed by atoms with Gasteiger partial charge in [-0.15, -0.1) is 0 Å². The molecule has 1 unspecified atom stereocenters. The van der Waals surface area contributed by atoms with Gasteiger partial charge in [-0.1, -0.05) is 97.6 Å². The van der Waals surface area contributed by atoms with Gasteiger partial charge in [-0.25, -0.2) is 8.42 Å². The lowest BCUT2D eigenvalue weighted by Crippen LogP contribution is -2.38. The number of fused-ring (bicyclic) bond motifs is 1. The summed E-state index contributed by atoms with van der Waals surface area (Å²) >= 11 is 0. The fourth-order valence-corrected chi connectivity index (χ4v) is 5.35. The van der Waals surface area contributed by atoms with E-state index in [1.165, 1.54) is 6.08 Å². The Bertz CT molecular complexity index is 1270. The zero-order valence-electron chi connectivity index (χ0n) is 18.0. The lowest BCUT2D eigenvalue weighted by Gasteiger charge is -2.34. The van der Waals surface area contributed by atoms with Crippen LogP contribution in [0.5, 0.6) is 0 Å². The highest BCUT2D eigenvalue weighted by atomic mass is 32.2.